The van der Waals surface area contributed by atoms with Gasteiger partial charge in [0.2, 0.25) is 5.91 Å². The van der Waals surface area contributed by atoms with Crippen LogP contribution in [-0.4, -0.2) is 62.0 Å². The number of rotatable bonds is 8. The summed E-state index contributed by atoms with van der Waals surface area (Å²) in [5.41, 5.74) is 0.909. The fourth-order valence-electron chi connectivity index (χ4n) is 2.01. The van der Waals surface area contributed by atoms with Crippen molar-refractivity contribution >= 4 is 11.9 Å². The van der Waals surface area contributed by atoms with Crippen LogP contribution >= 0.6 is 0 Å². The minimum Gasteiger partial charge on any atom is -0.435 e. The van der Waals surface area contributed by atoms with E-state index in [1.165, 1.54) is 17.0 Å². The minimum absolute atomic E-state index is 0.0529. The minimum atomic E-state index is -2.84. The van der Waals surface area contributed by atoms with Gasteiger partial charge in [0.05, 0.1) is 0 Å². The van der Waals surface area contributed by atoms with Crippen molar-refractivity contribution in [1.82, 2.24) is 15.1 Å². The highest BCUT2D eigenvalue weighted by atomic mass is 19.3. The molecule has 0 aliphatic carbocycles. The summed E-state index contributed by atoms with van der Waals surface area (Å²) in [5.74, 6) is 0.646. The number of nitrogens with one attached hydrogen (secondary N) is 1. The summed E-state index contributed by atoms with van der Waals surface area (Å²) in [7, 11) is 5.23. The summed E-state index contributed by atoms with van der Waals surface area (Å²) < 4.78 is 28.8. The first-order valence-electron chi connectivity index (χ1n) is 8.49. The highest BCUT2D eigenvalue weighted by molar-refractivity contribution is 5.84. The van der Waals surface area contributed by atoms with Crippen molar-refractivity contribution in [3.05, 3.63) is 29.8 Å². The Morgan fingerprint density at radius 1 is 1.23 bits per heavy atom. The number of hydrogen-bond acceptors (Lipinski definition) is 3. The first-order chi connectivity index (χ1) is 12.2. The van der Waals surface area contributed by atoms with E-state index in [0.29, 0.717) is 12.5 Å². The van der Waals surface area contributed by atoms with Crippen molar-refractivity contribution in [2.75, 3.05) is 27.7 Å². The number of hydrogen-bond donors (Lipinski definition) is 1. The van der Waals surface area contributed by atoms with Crippen LogP contribution in [0.15, 0.2) is 29.3 Å². The number of carbonyl (C=O) groups is 1. The summed E-state index contributed by atoms with van der Waals surface area (Å²) in [5, 5.41) is 3.30. The number of carbonyl (C=O) groups excluding carboxylic acids is 1. The van der Waals surface area contributed by atoms with Crippen LogP contribution in [0, 0.1) is 0 Å². The second-order valence-electron chi connectivity index (χ2n) is 6.26. The predicted molar refractivity (Wildman–Crippen MR) is 98.4 cm³/mol. The van der Waals surface area contributed by atoms with Gasteiger partial charge in [-0.05, 0) is 31.0 Å². The lowest BCUT2D eigenvalue weighted by Gasteiger charge is -2.25. The van der Waals surface area contributed by atoms with Crippen molar-refractivity contribution in [2.24, 2.45) is 4.99 Å². The Morgan fingerprint density at radius 3 is 2.35 bits per heavy atom. The third kappa shape index (κ3) is 7.67. The van der Waals surface area contributed by atoms with Crippen LogP contribution in [0.25, 0.3) is 0 Å². The standard InChI is InChI=1S/C18H28F2N4O2/c1-6-13(2)22-18(21-11-16(25)23(3)4)24(5)12-14-7-9-15(10-8-14)26-17(19)20/h7-10,13,17H,6,11-12H2,1-5H3,(H,21,22). The first kappa shape index (κ1) is 21.7. The predicted octanol–water partition coefficient (Wildman–Crippen LogP) is 2.55. The molecule has 146 valence electrons. The summed E-state index contributed by atoms with van der Waals surface area (Å²) >= 11 is 0. The number of ether oxygens (including phenoxy) is 1. The molecule has 0 aliphatic rings. The van der Waals surface area contributed by atoms with Crippen LogP contribution < -0.4 is 10.1 Å². The van der Waals surface area contributed by atoms with Gasteiger partial charge in [0.25, 0.3) is 0 Å². The molecule has 1 N–H and O–H groups in total. The lowest BCUT2D eigenvalue weighted by Crippen LogP contribution is -2.43. The Balaban J connectivity index is 2.81. The fraction of sp³-hybridized carbons (Fsp3) is 0.556. The molecule has 1 rings (SSSR count). The van der Waals surface area contributed by atoms with Crippen LogP contribution in [-0.2, 0) is 11.3 Å². The molecule has 0 bridgehead atoms. The van der Waals surface area contributed by atoms with E-state index < -0.39 is 6.61 Å². The van der Waals surface area contributed by atoms with Gasteiger partial charge in [0.15, 0.2) is 5.96 Å². The van der Waals surface area contributed by atoms with Gasteiger partial charge in [-0.3, -0.25) is 4.79 Å². The number of alkyl halides is 2. The molecule has 1 unspecified atom stereocenters. The molecule has 6 nitrogen and oxygen atoms in total. The summed E-state index contributed by atoms with van der Waals surface area (Å²) in [6.07, 6.45) is 0.911. The SMILES string of the molecule is CCC(C)NC(=NCC(=O)N(C)C)N(C)Cc1ccc(OC(F)F)cc1. The van der Waals surface area contributed by atoms with Crippen molar-refractivity contribution in [1.29, 1.82) is 0 Å². The molecule has 8 heteroatoms. The second kappa shape index (κ2) is 10.6. The molecule has 0 heterocycles. The number of amides is 1. The second-order valence-corrected chi connectivity index (χ2v) is 6.26. The molecule has 1 aromatic rings. The van der Waals surface area contributed by atoms with Gasteiger partial charge in [0, 0.05) is 33.7 Å². The Bertz CT molecular complexity index is 591. The molecule has 0 fully saturated rings. The first-order valence-corrected chi connectivity index (χ1v) is 8.49. The fourth-order valence-corrected chi connectivity index (χ4v) is 2.01. The van der Waals surface area contributed by atoms with Gasteiger partial charge in [-0.15, -0.1) is 0 Å². The molecule has 1 amide bonds. The van der Waals surface area contributed by atoms with E-state index in [9.17, 15) is 13.6 Å². The van der Waals surface area contributed by atoms with E-state index in [0.717, 1.165) is 12.0 Å². The van der Waals surface area contributed by atoms with Gasteiger partial charge in [-0.25, -0.2) is 4.99 Å². The Labute approximate surface area is 153 Å². The Hall–Kier alpha value is -2.38. The van der Waals surface area contributed by atoms with Gasteiger partial charge in [-0.1, -0.05) is 19.1 Å². The van der Waals surface area contributed by atoms with Crippen LogP contribution in [0.4, 0.5) is 8.78 Å². The van der Waals surface area contributed by atoms with Gasteiger partial charge >= 0.3 is 6.61 Å². The van der Waals surface area contributed by atoms with Crippen LogP contribution in [0.1, 0.15) is 25.8 Å². The van der Waals surface area contributed by atoms with Crippen LogP contribution in [0.2, 0.25) is 0 Å². The van der Waals surface area contributed by atoms with E-state index in [1.807, 2.05) is 18.9 Å². The van der Waals surface area contributed by atoms with E-state index in [1.54, 1.807) is 26.2 Å². The molecule has 0 aliphatic heterocycles. The molecule has 0 aromatic heterocycles. The highest BCUT2D eigenvalue weighted by Crippen LogP contribution is 2.15. The largest absolute Gasteiger partial charge is 0.435 e. The van der Waals surface area contributed by atoms with E-state index in [2.05, 4.69) is 22.0 Å². The van der Waals surface area contributed by atoms with Crippen molar-refractivity contribution in [3.63, 3.8) is 0 Å². The molecule has 0 saturated carbocycles. The van der Waals surface area contributed by atoms with E-state index >= 15 is 0 Å². The summed E-state index contributed by atoms with van der Waals surface area (Å²) in [6.45, 7) is 1.82. The topological polar surface area (TPSA) is 57.2 Å². The highest BCUT2D eigenvalue weighted by Gasteiger charge is 2.12. The molecular formula is C18H28F2N4O2. The Kier molecular flexibility index (Phi) is 8.81. The molecule has 1 atom stereocenters. The zero-order valence-electron chi connectivity index (χ0n) is 16.0. The maximum atomic E-state index is 12.2. The van der Waals surface area contributed by atoms with E-state index in [-0.39, 0.29) is 24.2 Å². The third-order valence-electron chi connectivity index (χ3n) is 3.78. The summed E-state index contributed by atoms with van der Waals surface area (Å²) in [6, 6.07) is 6.65. The maximum Gasteiger partial charge on any atom is 0.387 e. The van der Waals surface area contributed by atoms with Crippen molar-refractivity contribution in [3.8, 4) is 5.75 Å². The molecule has 26 heavy (non-hydrogen) atoms. The monoisotopic (exact) mass is 370 g/mol. The number of halogens is 2. The average Bonchev–Trinajstić information content (AvgIpc) is 2.58. The summed E-state index contributed by atoms with van der Waals surface area (Å²) in [4.78, 5) is 19.6. The number of nitrogens with zero attached hydrogens (tertiary/aromatic N) is 3. The smallest absolute Gasteiger partial charge is 0.387 e. The molecule has 0 radical (unpaired) electrons. The lowest BCUT2D eigenvalue weighted by molar-refractivity contribution is -0.127. The molecule has 0 spiro atoms. The van der Waals surface area contributed by atoms with Gasteiger partial charge < -0.3 is 19.9 Å². The van der Waals surface area contributed by atoms with Gasteiger partial charge in [-0.2, -0.15) is 8.78 Å². The normalized spacial score (nSPS) is 12.7. The van der Waals surface area contributed by atoms with Crippen LogP contribution in [0.3, 0.4) is 0 Å². The quantitative estimate of drug-likeness (QED) is 0.564. The van der Waals surface area contributed by atoms with Gasteiger partial charge in [0.1, 0.15) is 12.3 Å². The lowest BCUT2D eigenvalue weighted by atomic mass is 10.2. The zero-order valence-corrected chi connectivity index (χ0v) is 16.0. The molecule has 1 aromatic carbocycles. The number of aliphatic imine (C=N–C) groups is 1. The molecular weight excluding hydrogens is 342 g/mol. The number of guanidine groups is 1. The third-order valence-corrected chi connectivity index (χ3v) is 3.78. The maximum absolute atomic E-state index is 12.2. The zero-order chi connectivity index (χ0) is 19.7. The van der Waals surface area contributed by atoms with Crippen molar-refractivity contribution < 1.29 is 18.3 Å². The van der Waals surface area contributed by atoms with Crippen molar-refractivity contribution in [2.45, 2.75) is 39.5 Å². The number of likely N-dealkylation sites (N-methyl/N-ethyl adjacent to an activating group) is 1. The van der Waals surface area contributed by atoms with E-state index in [4.69, 9.17) is 0 Å². The van der Waals surface area contributed by atoms with Crippen LogP contribution in [0.5, 0.6) is 5.75 Å². The Morgan fingerprint density at radius 2 is 1.85 bits per heavy atom. The average molecular weight is 370 g/mol. The number of benzene rings is 1. The molecule has 0 saturated heterocycles.